The number of carbonyl (C=O) groups is 1. The first kappa shape index (κ1) is 14.9. The molecule has 0 radical (unpaired) electrons. The summed E-state index contributed by atoms with van der Waals surface area (Å²) in [5.74, 6) is -2.22. The van der Waals surface area contributed by atoms with Gasteiger partial charge in [0.2, 0.25) is 0 Å². The highest BCUT2D eigenvalue weighted by Crippen LogP contribution is 2.43. The Labute approximate surface area is 117 Å². The van der Waals surface area contributed by atoms with Gasteiger partial charge in [0, 0.05) is 0 Å². The minimum atomic E-state index is -0.911. The van der Waals surface area contributed by atoms with Crippen LogP contribution in [0.15, 0.2) is 18.2 Å². The van der Waals surface area contributed by atoms with Gasteiger partial charge in [-0.15, -0.1) is 0 Å². The van der Waals surface area contributed by atoms with E-state index in [0.717, 1.165) is 31.4 Å². The van der Waals surface area contributed by atoms with E-state index in [9.17, 15) is 18.7 Å². The van der Waals surface area contributed by atoms with E-state index in [1.54, 1.807) is 0 Å². The standard InChI is InChI=1S/C16H20F2O2/c1-2-11-4-3-7-16(9-11,15(19)20)10-12-5-6-13(17)14(18)8-12/h5-6,8,11H,2-4,7,9-10H2,1H3,(H,19,20). The fourth-order valence-corrected chi connectivity index (χ4v) is 3.31. The van der Waals surface area contributed by atoms with Crippen LogP contribution in [-0.2, 0) is 11.2 Å². The molecule has 0 aromatic heterocycles. The molecule has 2 nitrogen and oxygen atoms in total. The number of carboxylic acid groups (broad SMARTS) is 1. The first-order chi connectivity index (χ1) is 9.47. The van der Waals surface area contributed by atoms with E-state index in [1.165, 1.54) is 6.07 Å². The van der Waals surface area contributed by atoms with Gasteiger partial charge in [0.05, 0.1) is 5.41 Å². The van der Waals surface area contributed by atoms with Crippen molar-refractivity contribution in [3.63, 3.8) is 0 Å². The number of hydrogen-bond acceptors (Lipinski definition) is 1. The fourth-order valence-electron chi connectivity index (χ4n) is 3.31. The summed E-state index contributed by atoms with van der Waals surface area (Å²) in [4.78, 5) is 11.7. The Morgan fingerprint density at radius 2 is 2.15 bits per heavy atom. The average Bonchev–Trinajstić information content (AvgIpc) is 2.43. The summed E-state index contributed by atoms with van der Waals surface area (Å²) in [6, 6.07) is 3.68. The molecule has 4 heteroatoms. The monoisotopic (exact) mass is 282 g/mol. The molecule has 1 aliphatic carbocycles. The van der Waals surface area contributed by atoms with Crippen molar-refractivity contribution in [2.24, 2.45) is 11.3 Å². The van der Waals surface area contributed by atoms with E-state index in [0.29, 0.717) is 24.3 Å². The summed E-state index contributed by atoms with van der Waals surface area (Å²) in [5.41, 5.74) is -0.272. The van der Waals surface area contributed by atoms with Crippen LogP contribution >= 0.6 is 0 Å². The van der Waals surface area contributed by atoms with Gasteiger partial charge in [-0.2, -0.15) is 0 Å². The van der Waals surface area contributed by atoms with Crippen molar-refractivity contribution in [1.29, 1.82) is 0 Å². The van der Waals surface area contributed by atoms with Crippen LogP contribution < -0.4 is 0 Å². The summed E-state index contributed by atoms with van der Waals surface area (Å²) in [7, 11) is 0. The highest BCUT2D eigenvalue weighted by molar-refractivity contribution is 5.75. The fraction of sp³-hybridized carbons (Fsp3) is 0.562. The van der Waals surface area contributed by atoms with E-state index in [1.807, 2.05) is 0 Å². The Morgan fingerprint density at radius 3 is 2.75 bits per heavy atom. The molecule has 1 aliphatic rings. The second-order valence-electron chi connectivity index (χ2n) is 5.88. The highest BCUT2D eigenvalue weighted by Gasteiger charge is 2.42. The van der Waals surface area contributed by atoms with Crippen molar-refractivity contribution in [3.8, 4) is 0 Å². The second-order valence-corrected chi connectivity index (χ2v) is 5.88. The predicted octanol–water partition coefficient (Wildman–Crippen LogP) is 4.18. The molecule has 1 N–H and O–H groups in total. The van der Waals surface area contributed by atoms with E-state index in [4.69, 9.17) is 0 Å². The van der Waals surface area contributed by atoms with Crippen LogP contribution in [0.5, 0.6) is 0 Å². The van der Waals surface area contributed by atoms with Crippen LogP contribution in [-0.4, -0.2) is 11.1 Å². The quantitative estimate of drug-likeness (QED) is 0.899. The summed E-state index contributed by atoms with van der Waals surface area (Å²) in [5, 5.41) is 9.62. The summed E-state index contributed by atoms with van der Waals surface area (Å²) >= 11 is 0. The molecule has 0 bridgehead atoms. The molecule has 20 heavy (non-hydrogen) atoms. The van der Waals surface area contributed by atoms with Crippen LogP contribution in [0.1, 0.15) is 44.6 Å². The zero-order chi connectivity index (χ0) is 14.8. The Morgan fingerprint density at radius 1 is 1.40 bits per heavy atom. The third-order valence-corrected chi connectivity index (χ3v) is 4.50. The largest absolute Gasteiger partial charge is 0.481 e. The molecule has 0 saturated heterocycles. The van der Waals surface area contributed by atoms with Gasteiger partial charge in [-0.25, -0.2) is 8.78 Å². The molecule has 0 spiro atoms. The maximum Gasteiger partial charge on any atom is 0.309 e. The topological polar surface area (TPSA) is 37.3 Å². The SMILES string of the molecule is CCC1CCCC(Cc2ccc(F)c(F)c2)(C(=O)O)C1. The molecular weight excluding hydrogens is 262 g/mol. The highest BCUT2D eigenvalue weighted by atomic mass is 19.2. The third-order valence-electron chi connectivity index (χ3n) is 4.50. The van der Waals surface area contributed by atoms with Crippen LogP contribution in [0.3, 0.4) is 0 Å². The molecule has 1 aromatic carbocycles. The molecule has 1 saturated carbocycles. The molecule has 0 heterocycles. The van der Waals surface area contributed by atoms with Crippen molar-refractivity contribution < 1.29 is 18.7 Å². The van der Waals surface area contributed by atoms with Crippen molar-refractivity contribution in [1.82, 2.24) is 0 Å². The Hall–Kier alpha value is -1.45. The molecule has 2 atom stereocenters. The van der Waals surface area contributed by atoms with Crippen molar-refractivity contribution in [3.05, 3.63) is 35.4 Å². The maximum absolute atomic E-state index is 13.3. The van der Waals surface area contributed by atoms with Gasteiger partial charge < -0.3 is 5.11 Å². The molecule has 1 fully saturated rings. The van der Waals surface area contributed by atoms with Gasteiger partial charge in [-0.05, 0) is 42.9 Å². The number of carboxylic acids is 1. The molecule has 2 rings (SSSR count). The van der Waals surface area contributed by atoms with Crippen LogP contribution in [0.25, 0.3) is 0 Å². The van der Waals surface area contributed by atoms with Gasteiger partial charge in [-0.3, -0.25) is 4.79 Å². The summed E-state index contributed by atoms with van der Waals surface area (Å²) in [6.07, 6.45) is 4.41. The molecular formula is C16H20F2O2. The maximum atomic E-state index is 13.3. The van der Waals surface area contributed by atoms with Crippen LogP contribution in [0, 0.1) is 23.0 Å². The molecule has 110 valence electrons. The lowest BCUT2D eigenvalue weighted by molar-refractivity contribution is -0.152. The lowest BCUT2D eigenvalue weighted by Gasteiger charge is -2.37. The van der Waals surface area contributed by atoms with Gasteiger partial charge in [-0.1, -0.05) is 32.3 Å². The zero-order valence-electron chi connectivity index (χ0n) is 11.7. The van der Waals surface area contributed by atoms with Gasteiger partial charge >= 0.3 is 5.97 Å². The number of aliphatic carboxylic acids is 1. The van der Waals surface area contributed by atoms with Crippen LogP contribution in [0.2, 0.25) is 0 Å². The molecule has 0 aliphatic heterocycles. The predicted molar refractivity (Wildman–Crippen MR) is 72.4 cm³/mol. The second kappa shape index (κ2) is 5.90. The minimum Gasteiger partial charge on any atom is -0.481 e. The van der Waals surface area contributed by atoms with E-state index in [-0.39, 0.29) is 6.42 Å². The lowest BCUT2D eigenvalue weighted by Crippen LogP contribution is -2.38. The third kappa shape index (κ3) is 3.00. The summed E-state index contributed by atoms with van der Waals surface area (Å²) < 4.78 is 26.2. The number of benzene rings is 1. The van der Waals surface area contributed by atoms with Crippen LogP contribution in [0.4, 0.5) is 8.78 Å². The van der Waals surface area contributed by atoms with Crippen molar-refractivity contribution in [2.45, 2.75) is 45.4 Å². The lowest BCUT2D eigenvalue weighted by atomic mass is 9.66. The smallest absolute Gasteiger partial charge is 0.309 e. The molecule has 0 amide bonds. The number of rotatable bonds is 4. The average molecular weight is 282 g/mol. The van der Waals surface area contributed by atoms with Gasteiger partial charge in [0.1, 0.15) is 0 Å². The van der Waals surface area contributed by atoms with Gasteiger partial charge in [0.15, 0.2) is 11.6 Å². The van der Waals surface area contributed by atoms with E-state index < -0.39 is 23.0 Å². The Kier molecular flexibility index (Phi) is 4.41. The first-order valence-corrected chi connectivity index (χ1v) is 7.14. The Balaban J connectivity index is 2.24. The normalized spacial score (nSPS) is 26.4. The summed E-state index contributed by atoms with van der Waals surface area (Å²) in [6.45, 7) is 2.07. The molecule has 1 aromatic rings. The Bertz CT molecular complexity index is 501. The first-order valence-electron chi connectivity index (χ1n) is 7.14. The van der Waals surface area contributed by atoms with Crippen molar-refractivity contribution >= 4 is 5.97 Å². The minimum absolute atomic E-state index is 0.274. The van der Waals surface area contributed by atoms with Crippen molar-refractivity contribution in [2.75, 3.05) is 0 Å². The van der Waals surface area contributed by atoms with Gasteiger partial charge in [0.25, 0.3) is 0 Å². The zero-order valence-corrected chi connectivity index (χ0v) is 11.7. The number of hydrogen-bond donors (Lipinski definition) is 1. The number of halogens is 2. The van der Waals surface area contributed by atoms with E-state index >= 15 is 0 Å². The molecule has 2 unspecified atom stereocenters. The van der Waals surface area contributed by atoms with E-state index in [2.05, 4.69) is 6.92 Å².